The van der Waals surface area contributed by atoms with E-state index in [1.165, 1.54) is 6.07 Å². The van der Waals surface area contributed by atoms with Gasteiger partial charge in [0.15, 0.2) is 0 Å². The zero-order valence-corrected chi connectivity index (χ0v) is 12.0. The maximum Gasteiger partial charge on any atom is 0.283 e. The van der Waals surface area contributed by atoms with Crippen LogP contribution in [-0.2, 0) is 5.75 Å². The number of thioether (sulfide) groups is 1. The third kappa shape index (κ3) is 4.65. The highest BCUT2D eigenvalue weighted by Gasteiger charge is 2.14. The molecule has 6 heteroatoms. The van der Waals surface area contributed by atoms with Gasteiger partial charge in [-0.05, 0) is 40.6 Å². The molecule has 94 valence electrons. The molecule has 0 aliphatic carbocycles. The van der Waals surface area contributed by atoms with Crippen LogP contribution < -0.4 is 5.73 Å². The van der Waals surface area contributed by atoms with E-state index in [9.17, 15) is 10.1 Å². The SMILES string of the molecule is CC(N)CCSCc1cccc([N+](=O)[O-])c1Br. The number of halogens is 1. The zero-order chi connectivity index (χ0) is 12.8. The highest BCUT2D eigenvalue weighted by molar-refractivity contribution is 9.10. The van der Waals surface area contributed by atoms with E-state index >= 15 is 0 Å². The largest absolute Gasteiger partial charge is 0.328 e. The monoisotopic (exact) mass is 318 g/mol. The second-order valence-corrected chi connectivity index (χ2v) is 5.72. The van der Waals surface area contributed by atoms with Gasteiger partial charge in [0.2, 0.25) is 0 Å². The van der Waals surface area contributed by atoms with Gasteiger partial charge >= 0.3 is 0 Å². The van der Waals surface area contributed by atoms with Crippen molar-refractivity contribution in [2.75, 3.05) is 5.75 Å². The molecule has 1 rings (SSSR count). The van der Waals surface area contributed by atoms with E-state index in [4.69, 9.17) is 5.73 Å². The molecule has 0 spiro atoms. The highest BCUT2D eigenvalue weighted by atomic mass is 79.9. The smallest absolute Gasteiger partial charge is 0.283 e. The van der Waals surface area contributed by atoms with Crippen molar-refractivity contribution in [3.05, 3.63) is 38.3 Å². The van der Waals surface area contributed by atoms with E-state index in [2.05, 4.69) is 15.9 Å². The van der Waals surface area contributed by atoms with E-state index in [1.54, 1.807) is 17.8 Å². The molecule has 0 heterocycles. The Kier molecular flexibility index (Phi) is 5.94. The van der Waals surface area contributed by atoms with Gasteiger partial charge in [-0.25, -0.2) is 0 Å². The molecular formula is C11H15BrN2O2S. The molecule has 1 aromatic rings. The minimum Gasteiger partial charge on any atom is -0.328 e. The number of hydrogen-bond donors (Lipinski definition) is 1. The molecule has 0 saturated heterocycles. The summed E-state index contributed by atoms with van der Waals surface area (Å²) in [5.74, 6) is 1.72. The molecule has 17 heavy (non-hydrogen) atoms. The van der Waals surface area contributed by atoms with Crippen LogP contribution in [0, 0.1) is 10.1 Å². The predicted molar refractivity (Wildman–Crippen MR) is 75.2 cm³/mol. The minimum absolute atomic E-state index is 0.121. The Morgan fingerprint density at radius 1 is 1.59 bits per heavy atom. The standard InChI is InChI=1S/C11H15BrN2O2S/c1-8(13)5-6-17-7-9-3-2-4-10(11(9)12)14(15)16/h2-4,8H,5-7,13H2,1H3. The molecule has 1 aromatic carbocycles. The number of benzene rings is 1. The molecule has 0 saturated carbocycles. The summed E-state index contributed by atoms with van der Waals surface area (Å²) in [5, 5.41) is 10.7. The lowest BCUT2D eigenvalue weighted by Crippen LogP contribution is -2.15. The van der Waals surface area contributed by atoms with Crippen LogP contribution in [0.15, 0.2) is 22.7 Å². The first-order chi connectivity index (χ1) is 8.02. The second-order valence-electron chi connectivity index (χ2n) is 3.83. The molecule has 0 radical (unpaired) electrons. The van der Waals surface area contributed by atoms with Gasteiger partial charge in [0.05, 0.1) is 9.40 Å². The van der Waals surface area contributed by atoms with Gasteiger partial charge in [-0.2, -0.15) is 11.8 Å². The van der Waals surface area contributed by atoms with Gasteiger partial charge in [0, 0.05) is 17.9 Å². The molecule has 2 N–H and O–H groups in total. The molecule has 0 fully saturated rings. The van der Waals surface area contributed by atoms with E-state index < -0.39 is 0 Å². The number of nitrogens with zero attached hydrogens (tertiary/aromatic N) is 1. The van der Waals surface area contributed by atoms with Crippen LogP contribution >= 0.6 is 27.7 Å². The van der Waals surface area contributed by atoms with Gasteiger partial charge in [-0.15, -0.1) is 0 Å². The van der Waals surface area contributed by atoms with Crippen molar-refractivity contribution >= 4 is 33.4 Å². The Morgan fingerprint density at radius 2 is 2.29 bits per heavy atom. The minimum atomic E-state index is -0.375. The Balaban J connectivity index is 2.59. The summed E-state index contributed by atoms with van der Waals surface area (Å²) in [5.41, 5.74) is 6.73. The number of hydrogen-bond acceptors (Lipinski definition) is 4. The van der Waals surface area contributed by atoms with Gasteiger partial charge < -0.3 is 5.73 Å². The van der Waals surface area contributed by atoms with Crippen LogP contribution in [0.25, 0.3) is 0 Å². The highest BCUT2D eigenvalue weighted by Crippen LogP contribution is 2.30. The lowest BCUT2D eigenvalue weighted by molar-refractivity contribution is -0.385. The van der Waals surface area contributed by atoms with E-state index in [0.717, 1.165) is 23.5 Å². The van der Waals surface area contributed by atoms with Gasteiger partial charge in [-0.3, -0.25) is 10.1 Å². The quantitative estimate of drug-likeness (QED) is 0.496. The van der Waals surface area contributed by atoms with Crippen LogP contribution in [0.2, 0.25) is 0 Å². The number of nitrogens with two attached hydrogens (primary N) is 1. The topological polar surface area (TPSA) is 69.2 Å². The maximum absolute atomic E-state index is 10.7. The second kappa shape index (κ2) is 6.98. The van der Waals surface area contributed by atoms with Crippen molar-refractivity contribution in [3.8, 4) is 0 Å². The van der Waals surface area contributed by atoms with Crippen molar-refractivity contribution in [1.82, 2.24) is 0 Å². The molecule has 0 aromatic heterocycles. The van der Waals surface area contributed by atoms with Gasteiger partial charge in [0.1, 0.15) is 0 Å². The summed E-state index contributed by atoms with van der Waals surface area (Å²) < 4.78 is 0.582. The Morgan fingerprint density at radius 3 is 2.88 bits per heavy atom. The van der Waals surface area contributed by atoms with Crippen LogP contribution in [0.3, 0.4) is 0 Å². The molecular weight excluding hydrogens is 304 g/mol. The van der Waals surface area contributed by atoms with Crippen molar-refractivity contribution in [2.45, 2.75) is 25.1 Å². The van der Waals surface area contributed by atoms with Crippen molar-refractivity contribution in [3.63, 3.8) is 0 Å². The average Bonchev–Trinajstić information content (AvgIpc) is 2.25. The lowest BCUT2D eigenvalue weighted by Gasteiger charge is -2.06. The fourth-order valence-corrected chi connectivity index (χ4v) is 3.15. The third-order valence-electron chi connectivity index (χ3n) is 2.23. The van der Waals surface area contributed by atoms with Gasteiger partial charge in [-0.1, -0.05) is 12.1 Å². The van der Waals surface area contributed by atoms with Crippen LogP contribution in [-0.4, -0.2) is 16.7 Å². The van der Waals surface area contributed by atoms with Crippen LogP contribution in [0.5, 0.6) is 0 Å². The summed E-state index contributed by atoms with van der Waals surface area (Å²) in [6.07, 6.45) is 0.956. The number of rotatable bonds is 6. The fraction of sp³-hybridized carbons (Fsp3) is 0.455. The first-order valence-electron chi connectivity index (χ1n) is 5.27. The first kappa shape index (κ1) is 14.5. The molecule has 0 amide bonds. The Labute approximate surface area is 113 Å². The summed E-state index contributed by atoms with van der Waals surface area (Å²) in [4.78, 5) is 10.4. The lowest BCUT2D eigenvalue weighted by atomic mass is 10.2. The van der Waals surface area contributed by atoms with E-state index in [0.29, 0.717) is 4.47 Å². The summed E-state index contributed by atoms with van der Waals surface area (Å²) in [7, 11) is 0. The maximum atomic E-state index is 10.7. The molecule has 1 unspecified atom stereocenters. The van der Waals surface area contributed by atoms with Crippen molar-refractivity contribution < 1.29 is 4.92 Å². The number of nitro groups is 1. The first-order valence-corrected chi connectivity index (χ1v) is 7.22. The molecule has 0 aliphatic rings. The van der Waals surface area contributed by atoms with Crippen molar-refractivity contribution in [2.24, 2.45) is 5.73 Å². The summed E-state index contributed by atoms with van der Waals surface area (Å²) >= 11 is 5.02. The summed E-state index contributed by atoms with van der Waals surface area (Å²) in [6.45, 7) is 1.98. The van der Waals surface area contributed by atoms with E-state index in [-0.39, 0.29) is 16.7 Å². The molecule has 0 bridgehead atoms. The third-order valence-corrected chi connectivity index (χ3v) is 4.19. The van der Waals surface area contributed by atoms with Crippen molar-refractivity contribution in [1.29, 1.82) is 0 Å². The Bertz CT molecular complexity index is 399. The molecule has 4 nitrogen and oxygen atoms in total. The molecule has 0 aliphatic heterocycles. The average molecular weight is 319 g/mol. The predicted octanol–water partition coefficient (Wildman–Crippen LogP) is 3.33. The normalized spacial score (nSPS) is 12.4. The molecule has 1 atom stereocenters. The summed E-state index contributed by atoms with van der Waals surface area (Å²) in [6, 6.07) is 5.32. The van der Waals surface area contributed by atoms with Gasteiger partial charge in [0.25, 0.3) is 5.69 Å². The number of nitro benzene ring substituents is 1. The Hall–Kier alpha value is -0.590. The zero-order valence-electron chi connectivity index (χ0n) is 9.56. The van der Waals surface area contributed by atoms with Crippen LogP contribution in [0.4, 0.5) is 5.69 Å². The van der Waals surface area contributed by atoms with Crippen LogP contribution in [0.1, 0.15) is 18.9 Å². The van der Waals surface area contributed by atoms with E-state index in [1.807, 2.05) is 13.0 Å². The fourth-order valence-electron chi connectivity index (χ4n) is 1.27.